The summed E-state index contributed by atoms with van der Waals surface area (Å²) in [5.74, 6) is -0.108. The molecule has 128 valence electrons. The molecule has 0 radical (unpaired) electrons. The summed E-state index contributed by atoms with van der Waals surface area (Å²) >= 11 is 0. The molecule has 2 bridgehead atoms. The number of nitro groups is 1. The first kappa shape index (κ1) is 15.6. The second kappa shape index (κ2) is 6.16. The van der Waals surface area contributed by atoms with E-state index in [1.54, 1.807) is 12.1 Å². The predicted octanol–water partition coefficient (Wildman–Crippen LogP) is 1.46. The molecule has 3 fully saturated rings. The van der Waals surface area contributed by atoms with E-state index in [0.29, 0.717) is 17.6 Å². The van der Waals surface area contributed by atoms with Crippen molar-refractivity contribution in [1.82, 2.24) is 5.32 Å². The number of amides is 1. The zero-order valence-corrected chi connectivity index (χ0v) is 13.7. The first-order valence-electron chi connectivity index (χ1n) is 9.03. The molecule has 4 atom stereocenters. The van der Waals surface area contributed by atoms with Gasteiger partial charge in [0.25, 0.3) is 11.6 Å². The van der Waals surface area contributed by atoms with Gasteiger partial charge >= 0.3 is 0 Å². The smallest absolute Gasteiger partial charge is 0.269 e. The molecular weight excluding hydrogens is 306 g/mol. The Morgan fingerprint density at radius 1 is 1.04 bits per heavy atom. The van der Waals surface area contributed by atoms with Crippen LogP contribution < -0.4 is 10.2 Å². The van der Waals surface area contributed by atoms with Crippen LogP contribution in [0.3, 0.4) is 0 Å². The van der Waals surface area contributed by atoms with Gasteiger partial charge in [0.05, 0.1) is 23.0 Å². The number of hydrogen-bond acceptors (Lipinski definition) is 3. The molecule has 2 heterocycles. The van der Waals surface area contributed by atoms with E-state index >= 15 is 0 Å². The second-order valence-corrected chi connectivity index (χ2v) is 7.54. The summed E-state index contributed by atoms with van der Waals surface area (Å²) < 4.78 is 0. The van der Waals surface area contributed by atoms with Gasteiger partial charge < -0.3 is 10.2 Å². The highest BCUT2D eigenvalue weighted by molar-refractivity contribution is 5.94. The molecule has 1 aliphatic carbocycles. The highest BCUT2D eigenvalue weighted by atomic mass is 16.6. The molecule has 1 aromatic carbocycles. The fourth-order valence-electron chi connectivity index (χ4n) is 4.77. The molecule has 1 saturated carbocycles. The van der Waals surface area contributed by atoms with Gasteiger partial charge in [0.15, 0.2) is 0 Å². The molecule has 1 amide bonds. The van der Waals surface area contributed by atoms with Gasteiger partial charge in [-0.3, -0.25) is 14.9 Å². The van der Waals surface area contributed by atoms with Crippen molar-refractivity contribution in [3.8, 4) is 0 Å². The molecule has 2 aliphatic heterocycles. The number of rotatable bonds is 4. The molecule has 2 saturated heterocycles. The molecule has 4 rings (SSSR count). The standard InChI is InChI=1S/C18H23N3O3/c22-18(12-4-6-15(7-5-12)21(23)24)19-13-10-16-2-1-3-17(11-13)20(16)14-8-9-14/h4-7,13-14,16-17H,1-3,8-11H2,(H,19,22)/p+1/t13?,16-,17+. The Morgan fingerprint density at radius 2 is 1.67 bits per heavy atom. The molecule has 2 N–H and O–H groups in total. The van der Waals surface area contributed by atoms with E-state index < -0.39 is 4.92 Å². The number of piperidine rings is 2. The van der Waals surface area contributed by atoms with Crippen LogP contribution in [-0.4, -0.2) is 35.0 Å². The number of carbonyl (C=O) groups is 1. The summed E-state index contributed by atoms with van der Waals surface area (Å²) in [6.45, 7) is 0. The van der Waals surface area contributed by atoms with Crippen LogP contribution in [0.5, 0.6) is 0 Å². The topological polar surface area (TPSA) is 76.7 Å². The van der Waals surface area contributed by atoms with Crippen LogP contribution in [0, 0.1) is 10.1 Å². The quantitative estimate of drug-likeness (QED) is 0.648. The Hall–Kier alpha value is -1.95. The number of nitro benzene ring substituents is 1. The highest BCUT2D eigenvalue weighted by Gasteiger charge is 2.48. The van der Waals surface area contributed by atoms with Gasteiger partial charge in [-0.25, -0.2) is 0 Å². The SMILES string of the molecule is O=C(NC1C[C@H]2CCC[C@@H](C1)[NH+]2C1CC1)c1ccc([N+](=O)[O-])cc1. The van der Waals surface area contributed by atoms with Crippen molar-refractivity contribution in [3.05, 3.63) is 39.9 Å². The van der Waals surface area contributed by atoms with Crippen molar-refractivity contribution in [1.29, 1.82) is 0 Å². The number of nitrogens with one attached hydrogen (secondary N) is 2. The third kappa shape index (κ3) is 3.02. The van der Waals surface area contributed by atoms with Gasteiger partial charge in [0.2, 0.25) is 0 Å². The van der Waals surface area contributed by atoms with Crippen molar-refractivity contribution in [2.45, 2.75) is 69.1 Å². The van der Waals surface area contributed by atoms with Crippen LogP contribution in [0.25, 0.3) is 0 Å². The number of hydrogen-bond donors (Lipinski definition) is 2. The summed E-state index contributed by atoms with van der Waals surface area (Å²) in [6.07, 6.45) is 8.79. The van der Waals surface area contributed by atoms with E-state index in [4.69, 9.17) is 0 Å². The number of fused-ring (bicyclic) bond motifs is 2. The van der Waals surface area contributed by atoms with E-state index in [2.05, 4.69) is 5.32 Å². The lowest BCUT2D eigenvalue weighted by Gasteiger charge is -2.46. The maximum absolute atomic E-state index is 12.5. The number of non-ortho nitro benzene ring substituents is 1. The number of quaternary nitrogens is 1. The molecule has 6 nitrogen and oxygen atoms in total. The first-order valence-corrected chi connectivity index (χ1v) is 9.03. The lowest BCUT2D eigenvalue weighted by atomic mass is 9.81. The molecule has 0 aromatic heterocycles. The average Bonchev–Trinajstić information content (AvgIpc) is 3.39. The Kier molecular flexibility index (Phi) is 4.00. The monoisotopic (exact) mass is 330 g/mol. The van der Waals surface area contributed by atoms with E-state index in [-0.39, 0.29) is 17.6 Å². The molecule has 0 spiro atoms. The van der Waals surface area contributed by atoms with Crippen molar-refractivity contribution in [2.24, 2.45) is 0 Å². The fourth-order valence-corrected chi connectivity index (χ4v) is 4.77. The van der Waals surface area contributed by atoms with Crippen LogP contribution in [0.1, 0.15) is 55.3 Å². The Labute approximate surface area is 141 Å². The van der Waals surface area contributed by atoms with Crippen molar-refractivity contribution >= 4 is 11.6 Å². The Morgan fingerprint density at radius 3 is 2.21 bits per heavy atom. The van der Waals surface area contributed by atoms with Crippen LogP contribution in [0.4, 0.5) is 5.69 Å². The third-order valence-electron chi connectivity index (χ3n) is 5.91. The summed E-state index contributed by atoms with van der Waals surface area (Å²) in [6, 6.07) is 8.39. The first-order chi connectivity index (χ1) is 11.6. The minimum Gasteiger partial charge on any atom is -0.349 e. The van der Waals surface area contributed by atoms with Gasteiger partial charge in [-0.15, -0.1) is 0 Å². The summed E-state index contributed by atoms with van der Waals surface area (Å²) in [7, 11) is 0. The molecule has 2 unspecified atom stereocenters. The van der Waals surface area contributed by atoms with Crippen LogP contribution in [-0.2, 0) is 0 Å². The zero-order chi connectivity index (χ0) is 16.7. The number of benzene rings is 1. The van der Waals surface area contributed by atoms with Gasteiger partial charge in [-0.05, 0) is 31.4 Å². The Bertz CT molecular complexity index is 627. The summed E-state index contributed by atoms with van der Waals surface area (Å²) in [4.78, 5) is 24.5. The second-order valence-electron chi connectivity index (χ2n) is 7.54. The van der Waals surface area contributed by atoms with Gasteiger partial charge in [0.1, 0.15) is 0 Å². The lowest BCUT2D eigenvalue weighted by molar-refractivity contribution is -0.971. The minimum absolute atomic E-state index is 0.0161. The molecule has 24 heavy (non-hydrogen) atoms. The zero-order valence-electron chi connectivity index (χ0n) is 13.7. The lowest BCUT2D eigenvalue weighted by Crippen LogP contribution is -3.22. The molecule has 3 aliphatic rings. The minimum atomic E-state index is -0.445. The van der Waals surface area contributed by atoms with Crippen molar-refractivity contribution < 1.29 is 14.6 Å². The normalized spacial score (nSPS) is 32.2. The van der Waals surface area contributed by atoms with Crippen LogP contribution in [0.15, 0.2) is 24.3 Å². The van der Waals surface area contributed by atoms with Crippen LogP contribution >= 0.6 is 0 Å². The van der Waals surface area contributed by atoms with Crippen molar-refractivity contribution in [2.75, 3.05) is 0 Å². The maximum Gasteiger partial charge on any atom is 0.269 e. The molecular formula is C18H24N3O3+. The predicted molar refractivity (Wildman–Crippen MR) is 89.0 cm³/mol. The Balaban J connectivity index is 1.40. The maximum atomic E-state index is 12.5. The van der Waals surface area contributed by atoms with E-state index in [0.717, 1.165) is 18.9 Å². The molecule has 6 heteroatoms. The number of nitrogens with zero attached hydrogens (tertiary/aromatic N) is 1. The van der Waals surface area contributed by atoms with Crippen LogP contribution in [0.2, 0.25) is 0 Å². The van der Waals surface area contributed by atoms with Gasteiger partial charge in [0, 0.05) is 49.4 Å². The van der Waals surface area contributed by atoms with Gasteiger partial charge in [-0.2, -0.15) is 0 Å². The summed E-state index contributed by atoms with van der Waals surface area (Å²) in [5, 5.41) is 13.9. The third-order valence-corrected chi connectivity index (χ3v) is 5.91. The average molecular weight is 330 g/mol. The largest absolute Gasteiger partial charge is 0.349 e. The highest BCUT2D eigenvalue weighted by Crippen LogP contribution is 2.27. The van der Waals surface area contributed by atoms with E-state index in [9.17, 15) is 14.9 Å². The van der Waals surface area contributed by atoms with E-state index in [1.807, 2.05) is 4.90 Å². The van der Waals surface area contributed by atoms with E-state index in [1.165, 1.54) is 44.2 Å². The van der Waals surface area contributed by atoms with Gasteiger partial charge in [-0.1, -0.05) is 0 Å². The van der Waals surface area contributed by atoms with Crippen molar-refractivity contribution in [3.63, 3.8) is 0 Å². The summed E-state index contributed by atoms with van der Waals surface area (Å²) in [5.41, 5.74) is 0.519. The number of carbonyl (C=O) groups excluding carboxylic acids is 1. The molecule has 1 aromatic rings. The fraction of sp³-hybridized carbons (Fsp3) is 0.611.